The zero-order valence-electron chi connectivity index (χ0n) is 37.8. The molecule has 0 N–H and O–H groups in total. The Morgan fingerprint density at radius 3 is 1.46 bits per heavy atom. The molecule has 0 saturated heterocycles. The van der Waals surface area contributed by atoms with Crippen LogP contribution in [0.5, 0.6) is 0 Å². The van der Waals surface area contributed by atoms with Crippen LogP contribution in [-0.2, 0) is 45.8 Å². The summed E-state index contributed by atoms with van der Waals surface area (Å²) in [6.07, 6.45) is 9.08. The first-order chi connectivity index (χ1) is 33.7. The maximum atomic E-state index is 5.03. The van der Waals surface area contributed by atoms with E-state index < -0.39 is 0 Å². The van der Waals surface area contributed by atoms with Gasteiger partial charge in [0.2, 0.25) is 0 Å². The molecule has 0 bridgehead atoms. The topological polar surface area (TPSA) is 51.6 Å². The number of pyridine rings is 2. The van der Waals surface area contributed by atoms with E-state index in [2.05, 4.69) is 174 Å². The summed E-state index contributed by atoms with van der Waals surface area (Å²) in [4.78, 5) is 18.9. The van der Waals surface area contributed by atoms with Crippen molar-refractivity contribution in [2.75, 3.05) is 0 Å². The number of aryl methyl sites for hydroxylation is 4. The number of rotatable bonds is 13. The minimum atomic E-state index is 0. The molecule has 0 radical (unpaired) electrons. The third kappa shape index (κ3) is 10.3. The third-order valence-electron chi connectivity index (χ3n) is 12.6. The van der Waals surface area contributed by atoms with Crippen LogP contribution >= 0.6 is 0 Å². The van der Waals surface area contributed by atoms with Gasteiger partial charge < -0.3 is 9.97 Å². The second kappa shape index (κ2) is 20.9. The standard InChI is InChI=1S/C64H45N4.Ir/c1-2-12-49(13-3-1)50-32-34-51(35-33-50)59-43-54(64-44-67-62-18-6-7-19-63(62)68-64)36-37-58(59)57-15-5-4-14-56(57)55-41-47(22-20-45-24-28-52(29-25-45)60-16-8-10-38-65-60)40-48(42-55)23-21-46-26-30-53(31-27-46)61-17-9-11-39-66-61;/h1-19,24-28,30,32-35,37-44H,20-23H2;/q-3;+3. The van der Waals surface area contributed by atoms with Gasteiger partial charge >= 0.3 is 20.1 Å². The normalized spacial score (nSPS) is 11.0. The Kier molecular flexibility index (Phi) is 13.6. The van der Waals surface area contributed by atoms with E-state index in [4.69, 9.17) is 9.97 Å². The molecule has 11 aromatic rings. The van der Waals surface area contributed by atoms with Gasteiger partial charge in [0.1, 0.15) is 0 Å². The van der Waals surface area contributed by atoms with Gasteiger partial charge in [0.15, 0.2) is 0 Å². The van der Waals surface area contributed by atoms with Crippen LogP contribution in [0.3, 0.4) is 0 Å². The van der Waals surface area contributed by atoms with Crippen molar-refractivity contribution in [3.05, 3.63) is 265 Å². The molecule has 3 aromatic heterocycles. The molecule has 4 nitrogen and oxygen atoms in total. The first-order valence-electron chi connectivity index (χ1n) is 23.2. The van der Waals surface area contributed by atoms with E-state index in [1.54, 1.807) is 0 Å². The van der Waals surface area contributed by atoms with Crippen molar-refractivity contribution < 1.29 is 20.1 Å². The second-order valence-electron chi connectivity index (χ2n) is 17.1. The molecular formula is C64H45IrN4. The van der Waals surface area contributed by atoms with Crippen molar-refractivity contribution in [2.45, 2.75) is 25.7 Å². The Bertz CT molecular complexity index is 3360. The maximum absolute atomic E-state index is 5.03. The molecule has 0 unspecified atom stereocenters. The number of aromatic nitrogens is 4. The molecule has 0 saturated carbocycles. The van der Waals surface area contributed by atoms with Crippen molar-refractivity contribution in [2.24, 2.45) is 0 Å². The number of hydrogen-bond acceptors (Lipinski definition) is 4. The van der Waals surface area contributed by atoms with Gasteiger partial charge in [0, 0.05) is 24.3 Å². The number of nitrogens with zero attached hydrogens (tertiary/aromatic N) is 4. The van der Waals surface area contributed by atoms with Crippen LogP contribution in [0.2, 0.25) is 0 Å². The average molecular weight is 1060 g/mol. The van der Waals surface area contributed by atoms with Crippen molar-refractivity contribution in [3.8, 4) is 78.3 Å². The summed E-state index contributed by atoms with van der Waals surface area (Å²) in [5.74, 6) is 0. The number of hydrogen-bond donors (Lipinski definition) is 0. The molecule has 0 aliphatic carbocycles. The summed E-state index contributed by atoms with van der Waals surface area (Å²) in [5.41, 5.74) is 21.6. The van der Waals surface area contributed by atoms with Gasteiger partial charge in [0.25, 0.3) is 0 Å². The monoisotopic (exact) mass is 1060 g/mol. The summed E-state index contributed by atoms with van der Waals surface area (Å²) >= 11 is 0. The minimum Gasteiger partial charge on any atom is -0.305 e. The largest absolute Gasteiger partial charge is 3.00 e. The maximum Gasteiger partial charge on any atom is 3.00 e. The summed E-state index contributed by atoms with van der Waals surface area (Å²) in [6, 6.07) is 83.3. The number of benzene rings is 8. The van der Waals surface area contributed by atoms with E-state index in [9.17, 15) is 0 Å². The van der Waals surface area contributed by atoms with Gasteiger partial charge in [0.05, 0.1) is 11.0 Å². The Hall–Kier alpha value is -7.95. The zero-order chi connectivity index (χ0) is 45.5. The van der Waals surface area contributed by atoms with E-state index in [0.717, 1.165) is 92.7 Å². The average Bonchev–Trinajstić information content (AvgIpc) is 3.42. The molecule has 0 amide bonds. The molecule has 0 aliphatic rings. The summed E-state index contributed by atoms with van der Waals surface area (Å²) in [5, 5.41) is 0. The first kappa shape index (κ1) is 44.9. The molecule has 8 aromatic carbocycles. The second-order valence-corrected chi connectivity index (χ2v) is 17.1. The van der Waals surface area contributed by atoms with Gasteiger partial charge in [-0.05, 0) is 87.4 Å². The van der Waals surface area contributed by atoms with Gasteiger partial charge in [-0.15, -0.1) is 94.5 Å². The van der Waals surface area contributed by atoms with E-state index in [1.807, 2.05) is 79.3 Å². The van der Waals surface area contributed by atoms with Crippen molar-refractivity contribution >= 4 is 11.0 Å². The predicted molar refractivity (Wildman–Crippen MR) is 277 cm³/mol. The van der Waals surface area contributed by atoms with Crippen LogP contribution in [0, 0.1) is 18.2 Å². The van der Waals surface area contributed by atoms with Gasteiger partial charge in [-0.1, -0.05) is 163 Å². The molecule has 0 spiro atoms. The number of para-hydroxylation sites is 2. The fraction of sp³-hybridized carbons (Fsp3) is 0.0625. The molecule has 0 aliphatic heterocycles. The zero-order valence-corrected chi connectivity index (χ0v) is 40.2. The molecule has 0 fully saturated rings. The Morgan fingerprint density at radius 2 is 0.855 bits per heavy atom. The van der Waals surface area contributed by atoms with Crippen LogP contribution in [0.25, 0.3) is 89.3 Å². The van der Waals surface area contributed by atoms with Gasteiger partial charge in [-0.2, -0.15) is 0 Å². The Morgan fingerprint density at radius 1 is 0.319 bits per heavy atom. The summed E-state index contributed by atoms with van der Waals surface area (Å²) < 4.78 is 0. The molecular weight excluding hydrogens is 1020 g/mol. The van der Waals surface area contributed by atoms with Crippen molar-refractivity contribution in [3.63, 3.8) is 0 Å². The molecule has 11 rings (SSSR count). The van der Waals surface area contributed by atoms with E-state index in [-0.39, 0.29) is 20.1 Å². The van der Waals surface area contributed by atoms with Gasteiger partial charge in [-0.3, -0.25) is 9.97 Å². The van der Waals surface area contributed by atoms with E-state index in [0.29, 0.717) is 0 Å². The fourth-order valence-electron chi connectivity index (χ4n) is 9.00. The van der Waals surface area contributed by atoms with E-state index >= 15 is 0 Å². The van der Waals surface area contributed by atoms with Crippen LogP contribution in [0.15, 0.2) is 225 Å². The summed E-state index contributed by atoms with van der Waals surface area (Å²) in [7, 11) is 0. The van der Waals surface area contributed by atoms with Crippen LogP contribution < -0.4 is 0 Å². The first-order valence-corrected chi connectivity index (χ1v) is 23.2. The van der Waals surface area contributed by atoms with Crippen LogP contribution in [-0.4, -0.2) is 19.9 Å². The third-order valence-corrected chi connectivity index (χ3v) is 12.6. The smallest absolute Gasteiger partial charge is 0.305 e. The predicted octanol–water partition coefficient (Wildman–Crippen LogP) is 15.1. The summed E-state index contributed by atoms with van der Waals surface area (Å²) in [6.45, 7) is 0. The molecule has 5 heteroatoms. The van der Waals surface area contributed by atoms with Gasteiger partial charge in [-0.25, -0.2) is 0 Å². The fourth-order valence-corrected chi connectivity index (χ4v) is 9.00. The van der Waals surface area contributed by atoms with Crippen LogP contribution in [0.1, 0.15) is 22.3 Å². The minimum absolute atomic E-state index is 0. The van der Waals surface area contributed by atoms with Crippen molar-refractivity contribution in [1.82, 2.24) is 19.9 Å². The SMILES string of the molecule is [Ir+3].[c-]1cc(CCc2cc(CCc3c[c-]c(-c4ccccn4)cc3)cc(-c3ccccc3-c3c[c-]c(-c4cnc5ccccc5n4)cc3-c3ccc(-c4ccccc4)cc3)c2)ccc1-c1ccccn1. The molecule has 69 heavy (non-hydrogen) atoms. The van der Waals surface area contributed by atoms with E-state index in [1.165, 1.54) is 44.5 Å². The quantitative estimate of drug-likeness (QED) is 0.108. The molecule has 330 valence electrons. The Labute approximate surface area is 417 Å². The van der Waals surface area contributed by atoms with Crippen molar-refractivity contribution in [1.29, 1.82) is 0 Å². The molecule has 3 heterocycles. The van der Waals surface area contributed by atoms with Crippen LogP contribution in [0.4, 0.5) is 0 Å². The molecule has 0 atom stereocenters. The number of fused-ring (bicyclic) bond motifs is 1. The Balaban J connectivity index is 0.00000553.